The Balaban J connectivity index is 1.48. The molecule has 0 N–H and O–H groups in total. The van der Waals surface area contributed by atoms with Crippen LogP contribution in [-0.4, -0.2) is 36.8 Å². The normalized spacial score (nSPS) is 19.4. The molecule has 3 heterocycles. The van der Waals surface area contributed by atoms with Gasteiger partial charge in [-0.15, -0.1) is 0 Å². The fraction of sp³-hybridized carbons (Fsp3) is 0.474. The Morgan fingerprint density at radius 2 is 2.16 bits per heavy atom. The number of rotatable bonds is 4. The Hall–Kier alpha value is -2.37. The summed E-state index contributed by atoms with van der Waals surface area (Å²) >= 11 is 0. The summed E-state index contributed by atoms with van der Waals surface area (Å²) < 4.78 is 25.2. The first-order chi connectivity index (χ1) is 12.2. The first kappa shape index (κ1) is 16.1. The molecule has 0 spiro atoms. The zero-order valence-corrected chi connectivity index (χ0v) is 14.4. The Morgan fingerprint density at radius 3 is 2.96 bits per heavy atom. The zero-order chi connectivity index (χ0) is 17.2. The summed E-state index contributed by atoms with van der Waals surface area (Å²) in [5, 5.41) is 0. The maximum absolute atomic E-state index is 14.1. The fourth-order valence-corrected chi connectivity index (χ4v) is 3.57. The largest absolute Gasteiger partial charge is 0.497 e. The highest BCUT2D eigenvalue weighted by Crippen LogP contribution is 2.32. The van der Waals surface area contributed by atoms with Gasteiger partial charge in [0.15, 0.2) is 11.6 Å². The lowest BCUT2D eigenvalue weighted by molar-refractivity contribution is 0.218. The number of methoxy groups -OCH3 is 1. The standard InChI is InChI=1S/C19H22FN3O2/c1-24-15-5-4-14-8-13(12-25-17(14)10-15)9-18-21-11-16(20)19(22-18)23-6-2-3-7-23/h4-5,10-11,13H,2-3,6-9,12H2,1H3/t13-/m0/s1. The van der Waals surface area contributed by atoms with E-state index in [-0.39, 0.29) is 11.7 Å². The van der Waals surface area contributed by atoms with E-state index in [1.165, 1.54) is 11.8 Å². The van der Waals surface area contributed by atoms with Gasteiger partial charge in [-0.2, -0.15) is 0 Å². The first-order valence-electron chi connectivity index (χ1n) is 8.79. The van der Waals surface area contributed by atoms with Crippen LogP contribution in [0.3, 0.4) is 0 Å². The summed E-state index contributed by atoms with van der Waals surface area (Å²) in [5.74, 6) is 2.78. The van der Waals surface area contributed by atoms with Crippen molar-refractivity contribution in [3.8, 4) is 11.5 Å². The molecule has 0 aliphatic carbocycles. The van der Waals surface area contributed by atoms with Crippen LogP contribution in [-0.2, 0) is 12.8 Å². The maximum Gasteiger partial charge on any atom is 0.183 e. The SMILES string of the molecule is COc1ccc2c(c1)OC[C@H](Cc1ncc(F)c(N3CCCC3)n1)C2. The molecule has 0 amide bonds. The number of benzene rings is 1. The van der Waals surface area contributed by atoms with E-state index in [0.717, 1.165) is 43.9 Å². The van der Waals surface area contributed by atoms with Gasteiger partial charge in [0.25, 0.3) is 0 Å². The minimum atomic E-state index is -0.331. The van der Waals surface area contributed by atoms with Gasteiger partial charge in [-0.25, -0.2) is 14.4 Å². The third kappa shape index (κ3) is 3.38. The van der Waals surface area contributed by atoms with Gasteiger partial charge in [-0.1, -0.05) is 6.07 Å². The second kappa shape index (κ2) is 6.86. The fourth-order valence-electron chi connectivity index (χ4n) is 3.57. The molecule has 1 atom stereocenters. The van der Waals surface area contributed by atoms with Crippen molar-refractivity contribution in [2.75, 3.05) is 31.7 Å². The Labute approximate surface area is 146 Å². The van der Waals surface area contributed by atoms with E-state index in [1.54, 1.807) is 7.11 Å². The molecule has 2 aliphatic heterocycles. The second-order valence-corrected chi connectivity index (χ2v) is 6.71. The van der Waals surface area contributed by atoms with Crippen LogP contribution in [0.15, 0.2) is 24.4 Å². The average molecular weight is 343 g/mol. The van der Waals surface area contributed by atoms with Crippen molar-refractivity contribution < 1.29 is 13.9 Å². The van der Waals surface area contributed by atoms with Crippen LogP contribution >= 0.6 is 0 Å². The minimum Gasteiger partial charge on any atom is -0.497 e. The molecular weight excluding hydrogens is 321 g/mol. The molecule has 4 rings (SSSR count). The van der Waals surface area contributed by atoms with Crippen molar-refractivity contribution >= 4 is 5.82 Å². The monoisotopic (exact) mass is 343 g/mol. The summed E-state index contributed by atoms with van der Waals surface area (Å²) in [5.41, 5.74) is 1.17. The van der Waals surface area contributed by atoms with Crippen molar-refractivity contribution in [3.63, 3.8) is 0 Å². The van der Waals surface area contributed by atoms with E-state index >= 15 is 0 Å². The molecule has 0 radical (unpaired) electrons. The predicted molar refractivity (Wildman–Crippen MR) is 92.8 cm³/mol. The lowest BCUT2D eigenvalue weighted by Crippen LogP contribution is -2.25. The molecule has 25 heavy (non-hydrogen) atoms. The molecule has 0 bridgehead atoms. The second-order valence-electron chi connectivity index (χ2n) is 6.71. The third-order valence-corrected chi connectivity index (χ3v) is 4.91. The number of hydrogen-bond acceptors (Lipinski definition) is 5. The van der Waals surface area contributed by atoms with Crippen LogP contribution in [0.1, 0.15) is 24.2 Å². The zero-order valence-electron chi connectivity index (χ0n) is 14.4. The number of hydrogen-bond donors (Lipinski definition) is 0. The summed E-state index contributed by atoms with van der Waals surface area (Å²) in [6.07, 6.45) is 5.08. The highest BCUT2D eigenvalue weighted by molar-refractivity contribution is 5.42. The third-order valence-electron chi connectivity index (χ3n) is 4.91. The summed E-state index contributed by atoms with van der Waals surface area (Å²) in [7, 11) is 1.65. The summed E-state index contributed by atoms with van der Waals surface area (Å²) in [6.45, 7) is 2.35. The molecule has 5 nitrogen and oxygen atoms in total. The van der Waals surface area contributed by atoms with E-state index in [0.29, 0.717) is 24.7 Å². The van der Waals surface area contributed by atoms with Crippen molar-refractivity contribution in [1.82, 2.24) is 9.97 Å². The number of halogens is 1. The van der Waals surface area contributed by atoms with Crippen molar-refractivity contribution in [1.29, 1.82) is 0 Å². The molecule has 1 aromatic heterocycles. The number of ether oxygens (including phenoxy) is 2. The van der Waals surface area contributed by atoms with E-state index in [2.05, 4.69) is 9.97 Å². The summed E-state index contributed by atoms with van der Waals surface area (Å²) in [4.78, 5) is 10.7. The van der Waals surface area contributed by atoms with E-state index < -0.39 is 0 Å². The van der Waals surface area contributed by atoms with Crippen LogP contribution < -0.4 is 14.4 Å². The van der Waals surface area contributed by atoms with Gasteiger partial charge in [0.05, 0.1) is 19.9 Å². The van der Waals surface area contributed by atoms with Gasteiger partial charge in [-0.05, 0) is 30.9 Å². The Bertz CT molecular complexity index is 762. The number of anilines is 1. The highest BCUT2D eigenvalue weighted by Gasteiger charge is 2.23. The molecule has 0 saturated carbocycles. The minimum absolute atomic E-state index is 0.290. The molecule has 6 heteroatoms. The lowest BCUT2D eigenvalue weighted by atomic mass is 9.93. The van der Waals surface area contributed by atoms with Crippen LogP contribution in [0, 0.1) is 11.7 Å². The molecule has 132 valence electrons. The van der Waals surface area contributed by atoms with Crippen LogP contribution in [0.2, 0.25) is 0 Å². The molecule has 1 saturated heterocycles. The first-order valence-corrected chi connectivity index (χ1v) is 8.79. The number of aromatic nitrogens is 2. The molecule has 1 aromatic carbocycles. The van der Waals surface area contributed by atoms with Crippen molar-refractivity contribution in [2.45, 2.75) is 25.7 Å². The van der Waals surface area contributed by atoms with E-state index in [1.807, 2.05) is 23.1 Å². The maximum atomic E-state index is 14.1. The Kier molecular flexibility index (Phi) is 4.42. The van der Waals surface area contributed by atoms with Gasteiger partial charge in [0.1, 0.15) is 17.3 Å². The highest BCUT2D eigenvalue weighted by atomic mass is 19.1. The lowest BCUT2D eigenvalue weighted by Gasteiger charge is -2.25. The van der Waals surface area contributed by atoms with Gasteiger partial charge >= 0.3 is 0 Å². The van der Waals surface area contributed by atoms with Crippen LogP contribution in [0.25, 0.3) is 0 Å². The smallest absolute Gasteiger partial charge is 0.183 e. The summed E-state index contributed by atoms with van der Waals surface area (Å²) in [6, 6.07) is 5.91. The van der Waals surface area contributed by atoms with Gasteiger partial charge in [0.2, 0.25) is 0 Å². The van der Waals surface area contributed by atoms with E-state index in [9.17, 15) is 4.39 Å². The average Bonchev–Trinajstić information content (AvgIpc) is 3.17. The van der Waals surface area contributed by atoms with Gasteiger partial charge in [-0.3, -0.25) is 0 Å². The van der Waals surface area contributed by atoms with Crippen LogP contribution in [0.5, 0.6) is 11.5 Å². The topological polar surface area (TPSA) is 47.5 Å². The molecule has 1 fully saturated rings. The van der Waals surface area contributed by atoms with Crippen LogP contribution in [0.4, 0.5) is 10.2 Å². The number of nitrogens with zero attached hydrogens (tertiary/aromatic N) is 3. The quantitative estimate of drug-likeness (QED) is 0.854. The van der Waals surface area contributed by atoms with Gasteiger partial charge < -0.3 is 14.4 Å². The molecule has 0 unspecified atom stereocenters. The van der Waals surface area contributed by atoms with Gasteiger partial charge in [0, 0.05) is 31.5 Å². The number of fused-ring (bicyclic) bond motifs is 1. The van der Waals surface area contributed by atoms with E-state index in [4.69, 9.17) is 9.47 Å². The van der Waals surface area contributed by atoms with Crippen molar-refractivity contribution in [2.24, 2.45) is 5.92 Å². The molecular formula is C19H22FN3O2. The predicted octanol–water partition coefficient (Wildman–Crippen LogP) is 3.02. The Morgan fingerprint density at radius 1 is 1.32 bits per heavy atom. The van der Waals surface area contributed by atoms with Crippen molar-refractivity contribution in [3.05, 3.63) is 41.6 Å². The molecule has 2 aliphatic rings. The molecule has 2 aromatic rings.